The highest BCUT2D eigenvalue weighted by Crippen LogP contribution is 2.17. The van der Waals surface area contributed by atoms with Gasteiger partial charge in [0.05, 0.1) is 6.61 Å². The van der Waals surface area contributed by atoms with Gasteiger partial charge in [-0.1, -0.05) is 61.7 Å². The summed E-state index contributed by atoms with van der Waals surface area (Å²) in [5, 5.41) is 3.62. The minimum absolute atomic E-state index is 0.0510. The summed E-state index contributed by atoms with van der Waals surface area (Å²) in [5.41, 5.74) is 2.12. The van der Waals surface area contributed by atoms with Gasteiger partial charge in [0.15, 0.2) is 0 Å². The zero-order chi connectivity index (χ0) is 23.3. The molecule has 0 aliphatic heterocycles. The fraction of sp³-hybridized carbons (Fsp3) is 0.462. The van der Waals surface area contributed by atoms with Crippen LogP contribution in [0.2, 0.25) is 5.02 Å². The van der Waals surface area contributed by atoms with E-state index in [1.54, 1.807) is 17.0 Å². The van der Waals surface area contributed by atoms with Crippen LogP contribution in [-0.4, -0.2) is 35.9 Å². The predicted octanol–water partition coefficient (Wildman–Crippen LogP) is 5.53. The molecule has 0 saturated heterocycles. The summed E-state index contributed by atoms with van der Waals surface area (Å²) >= 11 is 6.01. The summed E-state index contributed by atoms with van der Waals surface area (Å²) in [7, 11) is 0. The molecule has 0 fully saturated rings. The number of carbonyl (C=O) groups is 2. The number of amides is 2. The van der Waals surface area contributed by atoms with Crippen LogP contribution in [0.3, 0.4) is 0 Å². The lowest BCUT2D eigenvalue weighted by atomic mass is 10.1. The molecule has 0 aliphatic carbocycles. The number of carbonyl (C=O) groups excluding carboxylic acids is 2. The van der Waals surface area contributed by atoms with Gasteiger partial charge in [0.25, 0.3) is 0 Å². The maximum absolute atomic E-state index is 13.2. The molecular weight excluding hydrogens is 424 g/mol. The van der Waals surface area contributed by atoms with E-state index in [1.165, 1.54) is 5.56 Å². The van der Waals surface area contributed by atoms with Crippen molar-refractivity contribution < 1.29 is 14.3 Å². The normalized spacial score (nSPS) is 11.6. The molecule has 0 aromatic heterocycles. The van der Waals surface area contributed by atoms with Crippen LogP contribution < -0.4 is 10.1 Å². The largest absolute Gasteiger partial charge is 0.494 e. The van der Waals surface area contributed by atoms with Crippen LogP contribution in [0.1, 0.15) is 57.1 Å². The molecule has 6 heteroatoms. The monoisotopic (exact) mass is 458 g/mol. The maximum atomic E-state index is 13.2. The van der Waals surface area contributed by atoms with Gasteiger partial charge in [0, 0.05) is 24.5 Å². The summed E-state index contributed by atoms with van der Waals surface area (Å²) in [6.45, 7) is 7.49. The Morgan fingerprint density at radius 2 is 1.72 bits per heavy atom. The molecule has 0 heterocycles. The van der Waals surface area contributed by atoms with Gasteiger partial charge in [0.1, 0.15) is 11.8 Å². The Bertz CT molecular complexity index is 837. The Kier molecular flexibility index (Phi) is 11.1. The van der Waals surface area contributed by atoms with E-state index in [4.69, 9.17) is 16.3 Å². The number of nitrogens with one attached hydrogen (secondary N) is 1. The van der Waals surface area contributed by atoms with E-state index in [0.717, 1.165) is 24.2 Å². The summed E-state index contributed by atoms with van der Waals surface area (Å²) < 4.78 is 5.76. The molecule has 0 unspecified atom stereocenters. The van der Waals surface area contributed by atoms with Crippen LogP contribution in [0.4, 0.5) is 0 Å². The highest BCUT2D eigenvalue weighted by atomic mass is 35.5. The van der Waals surface area contributed by atoms with Crippen LogP contribution >= 0.6 is 11.6 Å². The molecule has 0 radical (unpaired) electrons. The van der Waals surface area contributed by atoms with Crippen molar-refractivity contribution in [2.24, 2.45) is 0 Å². The van der Waals surface area contributed by atoms with Crippen molar-refractivity contribution in [3.63, 3.8) is 0 Å². The van der Waals surface area contributed by atoms with Gasteiger partial charge in [-0.25, -0.2) is 0 Å². The number of nitrogens with zero attached hydrogens (tertiary/aromatic N) is 1. The number of hydrogen-bond acceptors (Lipinski definition) is 3. The number of rotatable bonds is 13. The SMILES string of the molecule is CCCCNC(=O)[C@@H](CC)N(Cc1ccc(Cl)cc1)C(=O)CCCOc1ccc(C)cc1. The number of aryl methyl sites for hydroxylation is 1. The molecule has 1 atom stereocenters. The summed E-state index contributed by atoms with van der Waals surface area (Å²) in [4.78, 5) is 27.7. The van der Waals surface area contributed by atoms with E-state index in [9.17, 15) is 9.59 Å². The number of halogens is 1. The second-order valence-electron chi connectivity index (χ2n) is 7.98. The van der Waals surface area contributed by atoms with Gasteiger partial charge in [-0.2, -0.15) is 0 Å². The van der Waals surface area contributed by atoms with Crippen molar-refractivity contribution >= 4 is 23.4 Å². The zero-order valence-electron chi connectivity index (χ0n) is 19.4. The van der Waals surface area contributed by atoms with E-state index in [1.807, 2.05) is 50.2 Å². The van der Waals surface area contributed by atoms with Gasteiger partial charge in [-0.3, -0.25) is 9.59 Å². The zero-order valence-corrected chi connectivity index (χ0v) is 20.2. The van der Waals surface area contributed by atoms with Crippen LogP contribution in [0.5, 0.6) is 5.75 Å². The summed E-state index contributed by atoms with van der Waals surface area (Å²) in [6.07, 6.45) is 3.38. The number of hydrogen-bond donors (Lipinski definition) is 1. The van der Waals surface area contributed by atoms with Crippen molar-refractivity contribution in [3.8, 4) is 5.75 Å². The van der Waals surface area contributed by atoms with Crippen molar-refractivity contribution in [3.05, 3.63) is 64.7 Å². The molecule has 0 aliphatic rings. The molecule has 2 rings (SSSR count). The Labute approximate surface area is 197 Å². The Balaban J connectivity index is 2.02. The molecule has 0 saturated carbocycles. The first-order valence-corrected chi connectivity index (χ1v) is 11.8. The minimum atomic E-state index is -0.506. The highest BCUT2D eigenvalue weighted by Gasteiger charge is 2.28. The lowest BCUT2D eigenvalue weighted by molar-refractivity contribution is -0.141. The molecule has 32 heavy (non-hydrogen) atoms. The van der Waals surface area contributed by atoms with Gasteiger partial charge in [-0.05, 0) is 56.0 Å². The molecule has 5 nitrogen and oxygen atoms in total. The average Bonchev–Trinajstić information content (AvgIpc) is 2.79. The quantitative estimate of drug-likeness (QED) is 0.401. The first kappa shape index (κ1) is 25.7. The van der Waals surface area contributed by atoms with Gasteiger partial charge in [-0.15, -0.1) is 0 Å². The number of ether oxygens (including phenoxy) is 1. The smallest absolute Gasteiger partial charge is 0.242 e. The fourth-order valence-corrected chi connectivity index (χ4v) is 3.53. The second kappa shape index (κ2) is 13.8. The molecule has 2 aromatic rings. The van der Waals surface area contributed by atoms with Gasteiger partial charge >= 0.3 is 0 Å². The van der Waals surface area contributed by atoms with Crippen LogP contribution in [0, 0.1) is 6.92 Å². The fourth-order valence-electron chi connectivity index (χ4n) is 3.40. The van der Waals surface area contributed by atoms with Crippen LogP contribution in [0.25, 0.3) is 0 Å². The lowest BCUT2D eigenvalue weighted by Crippen LogP contribution is -2.49. The summed E-state index contributed by atoms with van der Waals surface area (Å²) in [6, 6.07) is 14.7. The molecular formula is C26H35ClN2O3. The molecule has 2 amide bonds. The van der Waals surface area contributed by atoms with Crippen molar-refractivity contribution in [2.75, 3.05) is 13.2 Å². The Morgan fingerprint density at radius 3 is 2.34 bits per heavy atom. The van der Waals surface area contributed by atoms with E-state index in [-0.39, 0.29) is 11.8 Å². The maximum Gasteiger partial charge on any atom is 0.242 e. The lowest BCUT2D eigenvalue weighted by Gasteiger charge is -2.31. The van der Waals surface area contributed by atoms with Gasteiger partial charge in [0.2, 0.25) is 11.8 Å². The minimum Gasteiger partial charge on any atom is -0.494 e. The second-order valence-corrected chi connectivity index (χ2v) is 8.42. The molecule has 2 aromatic carbocycles. The molecule has 174 valence electrons. The standard InChI is InChI=1S/C26H35ClN2O3/c1-4-6-17-28-26(31)24(5-2)29(19-21-11-13-22(27)14-12-21)25(30)8-7-18-32-23-15-9-20(3)10-16-23/h9-16,24H,4-8,17-19H2,1-3H3,(H,28,31)/t24-/m1/s1. The average molecular weight is 459 g/mol. The molecule has 0 spiro atoms. The van der Waals surface area contributed by atoms with E-state index >= 15 is 0 Å². The van der Waals surface area contributed by atoms with E-state index in [2.05, 4.69) is 12.2 Å². The third-order valence-corrected chi connectivity index (χ3v) is 5.56. The third kappa shape index (κ3) is 8.54. The first-order chi connectivity index (χ1) is 15.4. The number of benzene rings is 2. The van der Waals surface area contributed by atoms with Crippen molar-refractivity contribution in [1.29, 1.82) is 0 Å². The van der Waals surface area contributed by atoms with Crippen LogP contribution in [-0.2, 0) is 16.1 Å². The van der Waals surface area contributed by atoms with E-state index in [0.29, 0.717) is 44.0 Å². The Hall–Kier alpha value is -2.53. The highest BCUT2D eigenvalue weighted by molar-refractivity contribution is 6.30. The predicted molar refractivity (Wildman–Crippen MR) is 130 cm³/mol. The Morgan fingerprint density at radius 1 is 1.03 bits per heavy atom. The first-order valence-electron chi connectivity index (χ1n) is 11.5. The molecule has 1 N–H and O–H groups in total. The van der Waals surface area contributed by atoms with E-state index < -0.39 is 6.04 Å². The molecule has 0 bridgehead atoms. The topological polar surface area (TPSA) is 58.6 Å². The summed E-state index contributed by atoms with van der Waals surface area (Å²) in [5.74, 6) is 0.645. The van der Waals surface area contributed by atoms with Crippen LogP contribution in [0.15, 0.2) is 48.5 Å². The third-order valence-electron chi connectivity index (χ3n) is 5.31. The van der Waals surface area contributed by atoms with Crippen molar-refractivity contribution in [1.82, 2.24) is 10.2 Å². The number of unbranched alkanes of at least 4 members (excludes halogenated alkanes) is 1. The van der Waals surface area contributed by atoms with Crippen molar-refractivity contribution in [2.45, 2.75) is 65.5 Å². The van der Waals surface area contributed by atoms with Gasteiger partial charge < -0.3 is 15.0 Å².